The van der Waals surface area contributed by atoms with Crippen LogP contribution < -0.4 is 16.0 Å². The van der Waals surface area contributed by atoms with E-state index in [4.69, 9.17) is 9.47 Å². The average molecular weight is 657 g/mol. The number of aliphatic imine (C=N–C) groups is 2. The second kappa shape index (κ2) is 14.6. The SMILES string of the molecule is CCC(OC(=O)C=Nc1nc(N=CC(=O)OC(CC)C2CC(C)(C)NC(C)(C)C2)nc(NC(C)(C)C)n1)C1CC(C)(C)NC(C)(C)C1. The molecule has 12 heteroatoms. The third-order valence-electron chi connectivity index (χ3n) is 8.50. The third-order valence-corrected chi connectivity index (χ3v) is 8.50. The van der Waals surface area contributed by atoms with Gasteiger partial charge in [-0.15, -0.1) is 0 Å². The molecule has 47 heavy (non-hydrogen) atoms. The van der Waals surface area contributed by atoms with Crippen molar-refractivity contribution in [2.75, 3.05) is 5.32 Å². The second-order valence-electron chi connectivity index (χ2n) is 17.0. The van der Waals surface area contributed by atoms with Crippen LogP contribution in [0.5, 0.6) is 0 Å². The first-order valence-electron chi connectivity index (χ1n) is 17.1. The first-order valence-corrected chi connectivity index (χ1v) is 17.1. The van der Waals surface area contributed by atoms with Gasteiger partial charge in [0.25, 0.3) is 11.9 Å². The summed E-state index contributed by atoms with van der Waals surface area (Å²) in [4.78, 5) is 47.3. The lowest BCUT2D eigenvalue weighted by Gasteiger charge is -2.48. The van der Waals surface area contributed by atoms with Gasteiger partial charge in [-0.2, -0.15) is 15.0 Å². The van der Waals surface area contributed by atoms with Crippen LogP contribution in [0.1, 0.15) is 129 Å². The summed E-state index contributed by atoms with van der Waals surface area (Å²) in [6, 6.07) is 0. The third kappa shape index (κ3) is 12.5. The van der Waals surface area contributed by atoms with E-state index in [2.05, 4.69) is 96.3 Å². The van der Waals surface area contributed by atoms with Crippen molar-refractivity contribution in [3.8, 4) is 0 Å². The maximum Gasteiger partial charge on any atom is 0.349 e. The first kappa shape index (κ1) is 38.5. The number of hydrogen-bond acceptors (Lipinski definition) is 12. The van der Waals surface area contributed by atoms with E-state index in [0.717, 1.165) is 38.1 Å². The van der Waals surface area contributed by atoms with E-state index in [-0.39, 0.29) is 69.6 Å². The Morgan fingerprint density at radius 2 is 1.09 bits per heavy atom. The summed E-state index contributed by atoms with van der Waals surface area (Å²) in [5.74, 6) is -0.572. The molecule has 0 aromatic carbocycles. The monoisotopic (exact) mass is 656 g/mol. The molecule has 0 radical (unpaired) electrons. The number of aromatic nitrogens is 3. The zero-order chi connectivity index (χ0) is 35.4. The molecular weight excluding hydrogens is 596 g/mol. The molecule has 3 N–H and O–H groups in total. The predicted molar refractivity (Wildman–Crippen MR) is 188 cm³/mol. The Labute approximate surface area is 282 Å². The van der Waals surface area contributed by atoms with Crippen molar-refractivity contribution in [3.63, 3.8) is 0 Å². The minimum Gasteiger partial charge on any atom is -0.458 e. The minimum atomic E-state index is -0.569. The van der Waals surface area contributed by atoms with E-state index in [1.807, 2.05) is 34.6 Å². The van der Waals surface area contributed by atoms with Crippen molar-refractivity contribution in [2.24, 2.45) is 21.8 Å². The zero-order valence-electron chi connectivity index (χ0n) is 31.1. The van der Waals surface area contributed by atoms with E-state index >= 15 is 0 Å². The predicted octanol–water partition coefficient (Wildman–Crippen LogP) is 6.24. The Morgan fingerprint density at radius 3 is 1.38 bits per heavy atom. The van der Waals surface area contributed by atoms with Gasteiger partial charge < -0.3 is 25.4 Å². The lowest BCUT2D eigenvalue weighted by atomic mass is 9.73. The number of hydrogen-bond donors (Lipinski definition) is 3. The molecule has 0 spiro atoms. The highest BCUT2D eigenvalue weighted by Gasteiger charge is 2.42. The summed E-state index contributed by atoms with van der Waals surface area (Å²) < 4.78 is 11.8. The van der Waals surface area contributed by atoms with Crippen LogP contribution in [0.3, 0.4) is 0 Å². The van der Waals surface area contributed by atoms with Gasteiger partial charge in [0.15, 0.2) is 0 Å². The topological polar surface area (TPSA) is 152 Å². The molecular formula is C35H60N8O4. The van der Waals surface area contributed by atoms with Crippen molar-refractivity contribution in [1.29, 1.82) is 0 Å². The van der Waals surface area contributed by atoms with Crippen LogP contribution in [0.15, 0.2) is 9.98 Å². The molecule has 264 valence electrons. The number of anilines is 1. The highest BCUT2D eigenvalue weighted by Crippen LogP contribution is 2.37. The molecule has 3 rings (SSSR count). The highest BCUT2D eigenvalue weighted by atomic mass is 16.5. The van der Waals surface area contributed by atoms with E-state index in [1.165, 1.54) is 0 Å². The summed E-state index contributed by atoms with van der Waals surface area (Å²) in [6.45, 7) is 27.4. The van der Waals surface area contributed by atoms with Crippen molar-refractivity contribution >= 4 is 42.2 Å². The van der Waals surface area contributed by atoms with Crippen LogP contribution in [0.4, 0.5) is 17.8 Å². The quantitative estimate of drug-likeness (QED) is 0.184. The number of nitrogens with one attached hydrogen (secondary N) is 3. The van der Waals surface area contributed by atoms with Gasteiger partial charge in [0.2, 0.25) is 5.95 Å². The largest absolute Gasteiger partial charge is 0.458 e. The van der Waals surface area contributed by atoms with Gasteiger partial charge in [-0.1, -0.05) is 13.8 Å². The number of rotatable bonds is 11. The second-order valence-corrected chi connectivity index (χ2v) is 17.0. The fourth-order valence-electron chi connectivity index (χ4n) is 7.79. The number of esters is 2. The molecule has 0 aliphatic carbocycles. The molecule has 1 aromatic heterocycles. The Hall–Kier alpha value is -2.99. The fraction of sp³-hybridized carbons (Fsp3) is 0.800. The van der Waals surface area contributed by atoms with Crippen LogP contribution in [-0.2, 0) is 19.1 Å². The summed E-state index contributed by atoms with van der Waals surface area (Å²) in [5, 5.41) is 10.5. The number of carbonyl (C=O) groups is 2. The van der Waals surface area contributed by atoms with E-state index in [1.54, 1.807) is 0 Å². The Balaban J connectivity index is 1.75. The van der Waals surface area contributed by atoms with Crippen LogP contribution in [0.2, 0.25) is 0 Å². The van der Waals surface area contributed by atoms with Gasteiger partial charge in [-0.25, -0.2) is 19.6 Å². The molecule has 0 saturated carbocycles. The van der Waals surface area contributed by atoms with Crippen molar-refractivity contribution < 1.29 is 19.1 Å². The smallest absolute Gasteiger partial charge is 0.349 e. The minimum absolute atomic E-state index is 0.0352. The van der Waals surface area contributed by atoms with Gasteiger partial charge in [0.05, 0.1) is 0 Å². The van der Waals surface area contributed by atoms with Crippen molar-refractivity contribution in [3.05, 3.63) is 0 Å². The lowest BCUT2D eigenvalue weighted by Crippen LogP contribution is -2.59. The van der Waals surface area contributed by atoms with Crippen LogP contribution in [0.25, 0.3) is 0 Å². The molecule has 2 atom stereocenters. The molecule has 2 unspecified atom stereocenters. The van der Waals surface area contributed by atoms with E-state index < -0.39 is 11.9 Å². The normalized spacial score (nSPS) is 22.6. The Morgan fingerprint density at radius 1 is 0.745 bits per heavy atom. The Bertz CT molecular complexity index is 1190. The summed E-state index contributed by atoms with van der Waals surface area (Å²) in [6.07, 6.45) is 6.66. The van der Waals surface area contributed by atoms with Gasteiger partial charge in [0, 0.05) is 27.7 Å². The molecule has 2 aliphatic rings. The van der Waals surface area contributed by atoms with Crippen LogP contribution in [-0.4, -0.2) is 79.2 Å². The lowest BCUT2D eigenvalue weighted by molar-refractivity contribution is -0.145. The number of nitrogens with zero attached hydrogens (tertiary/aromatic N) is 5. The molecule has 2 aliphatic heterocycles. The summed E-state index contributed by atoms with van der Waals surface area (Å²) in [5.41, 5.74) is -0.642. The highest BCUT2D eigenvalue weighted by molar-refractivity contribution is 6.24. The number of ether oxygens (including phenoxy) is 2. The van der Waals surface area contributed by atoms with Crippen LogP contribution >= 0.6 is 0 Å². The number of piperidine rings is 2. The summed E-state index contributed by atoms with van der Waals surface area (Å²) >= 11 is 0. The molecule has 2 saturated heterocycles. The number of carbonyl (C=O) groups excluding carboxylic acids is 2. The molecule has 1 aromatic rings. The standard InChI is InChI=1S/C35H60N8O4/c1-14-24(22-16-32(6,7)42-33(8,9)17-22)46-26(44)20-36-28-38-29(40-30(39-28)41-31(3,4)5)37-21-27(45)47-25(15-2)23-18-34(10,11)43-35(12,13)19-23/h20-25,42-43H,14-19H2,1-13H3,(H,38,39,40,41). The van der Waals surface area contributed by atoms with E-state index in [9.17, 15) is 9.59 Å². The molecule has 2 fully saturated rings. The molecule has 0 amide bonds. The van der Waals surface area contributed by atoms with Gasteiger partial charge in [-0.3, -0.25) is 0 Å². The van der Waals surface area contributed by atoms with Crippen molar-refractivity contribution in [2.45, 2.75) is 168 Å². The average Bonchev–Trinajstić information content (AvgIpc) is 2.87. The fourth-order valence-corrected chi connectivity index (χ4v) is 7.79. The zero-order valence-corrected chi connectivity index (χ0v) is 31.1. The Kier molecular flexibility index (Phi) is 12.0. The molecule has 12 nitrogen and oxygen atoms in total. The molecule has 0 bridgehead atoms. The first-order chi connectivity index (χ1) is 21.5. The van der Waals surface area contributed by atoms with Gasteiger partial charge >= 0.3 is 11.9 Å². The van der Waals surface area contributed by atoms with Crippen molar-refractivity contribution in [1.82, 2.24) is 25.6 Å². The van der Waals surface area contributed by atoms with Gasteiger partial charge in [-0.05, 0) is 127 Å². The van der Waals surface area contributed by atoms with Crippen LogP contribution in [0, 0.1) is 11.8 Å². The summed E-state index contributed by atoms with van der Waals surface area (Å²) in [7, 11) is 0. The molecule has 3 heterocycles. The van der Waals surface area contributed by atoms with E-state index in [0.29, 0.717) is 12.8 Å². The maximum absolute atomic E-state index is 12.9. The maximum atomic E-state index is 12.9. The van der Waals surface area contributed by atoms with Gasteiger partial charge in [0.1, 0.15) is 24.6 Å².